The molecule has 1 amide bonds. The molecule has 1 atom stereocenters. The lowest BCUT2D eigenvalue weighted by atomic mass is 9.97. The Kier molecular flexibility index (Phi) is 8.86. The summed E-state index contributed by atoms with van der Waals surface area (Å²) in [5.41, 5.74) is 4.25. The van der Waals surface area contributed by atoms with Crippen LogP contribution < -0.4 is 19.6 Å². The summed E-state index contributed by atoms with van der Waals surface area (Å²) in [6.45, 7) is 7.03. The van der Waals surface area contributed by atoms with Gasteiger partial charge in [0.25, 0.3) is 5.91 Å². The normalized spacial score (nSPS) is 14.4. The largest absolute Gasteiger partial charge is 0.497 e. The Bertz CT molecular complexity index is 1640. The first-order valence-electron chi connectivity index (χ1n) is 14.7. The Morgan fingerprint density at radius 1 is 0.881 bits per heavy atom. The summed E-state index contributed by atoms with van der Waals surface area (Å²) in [4.78, 5) is 29.8. The number of carbonyl (C=O) groups excluding carboxylic acids is 1. The fourth-order valence-electron chi connectivity index (χ4n) is 5.78. The smallest absolute Gasteiger partial charge is 0.290 e. The van der Waals surface area contributed by atoms with E-state index >= 15 is 0 Å². The van der Waals surface area contributed by atoms with Gasteiger partial charge in [-0.3, -0.25) is 9.59 Å². The van der Waals surface area contributed by atoms with E-state index in [1.807, 2.05) is 68.4 Å². The minimum absolute atomic E-state index is 0.106. The summed E-state index contributed by atoms with van der Waals surface area (Å²) in [6.07, 6.45) is 5.02. The van der Waals surface area contributed by atoms with Crippen LogP contribution in [0.2, 0.25) is 0 Å². The van der Waals surface area contributed by atoms with Crippen LogP contribution in [0.25, 0.3) is 11.0 Å². The predicted molar refractivity (Wildman–Crippen MR) is 164 cm³/mol. The van der Waals surface area contributed by atoms with Crippen molar-refractivity contribution in [3.05, 3.63) is 98.4 Å². The molecule has 1 aliphatic heterocycles. The van der Waals surface area contributed by atoms with E-state index in [2.05, 4.69) is 6.92 Å². The minimum atomic E-state index is -0.625. The van der Waals surface area contributed by atoms with Gasteiger partial charge in [0.15, 0.2) is 16.9 Å². The molecule has 0 aliphatic carbocycles. The average molecular weight is 570 g/mol. The Morgan fingerprint density at radius 2 is 1.67 bits per heavy atom. The van der Waals surface area contributed by atoms with Crippen LogP contribution in [-0.4, -0.2) is 38.2 Å². The van der Waals surface area contributed by atoms with Gasteiger partial charge >= 0.3 is 0 Å². The predicted octanol–water partition coefficient (Wildman–Crippen LogP) is 7.17. The molecule has 0 radical (unpaired) electrons. The van der Waals surface area contributed by atoms with Crippen LogP contribution >= 0.6 is 0 Å². The number of ether oxygens (including phenoxy) is 3. The van der Waals surface area contributed by atoms with Crippen LogP contribution in [0, 0.1) is 13.8 Å². The van der Waals surface area contributed by atoms with Crippen LogP contribution in [-0.2, 0) is 6.42 Å². The second-order valence-electron chi connectivity index (χ2n) is 11.0. The van der Waals surface area contributed by atoms with Crippen LogP contribution in [0.5, 0.6) is 17.2 Å². The number of carbonyl (C=O) groups is 1. The Hall–Kier alpha value is -4.26. The molecule has 4 aromatic rings. The molecule has 1 aliphatic rings. The van der Waals surface area contributed by atoms with Gasteiger partial charge in [-0.25, -0.2) is 0 Å². The highest BCUT2D eigenvalue weighted by Gasteiger charge is 2.43. The van der Waals surface area contributed by atoms with Gasteiger partial charge in [0.05, 0.1) is 37.8 Å². The molecule has 220 valence electrons. The van der Waals surface area contributed by atoms with Crippen molar-refractivity contribution in [2.24, 2.45) is 0 Å². The topological polar surface area (TPSA) is 78.2 Å². The first kappa shape index (κ1) is 29.2. The van der Waals surface area contributed by atoms with E-state index in [1.165, 1.54) is 6.42 Å². The van der Waals surface area contributed by atoms with Crippen molar-refractivity contribution in [1.82, 2.24) is 4.90 Å². The zero-order chi connectivity index (χ0) is 29.8. The molecule has 0 fully saturated rings. The maximum absolute atomic E-state index is 14.1. The highest BCUT2D eigenvalue weighted by Crippen LogP contribution is 2.41. The molecule has 1 unspecified atom stereocenters. The lowest BCUT2D eigenvalue weighted by Gasteiger charge is -2.26. The first-order chi connectivity index (χ1) is 20.4. The van der Waals surface area contributed by atoms with Gasteiger partial charge < -0.3 is 23.5 Å². The summed E-state index contributed by atoms with van der Waals surface area (Å²) in [5, 5.41) is 0.486. The lowest BCUT2D eigenvalue weighted by Crippen LogP contribution is -2.31. The number of hydrogen-bond donors (Lipinski definition) is 0. The summed E-state index contributed by atoms with van der Waals surface area (Å²) in [5.74, 6) is 1.79. The van der Waals surface area contributed by atoms with E-state index in [0.717, 1.165) is 47.3 Å². The molecule has 42 heavy (non-hydrogen) atoms. The number of benzene rings is 3. The molecular formula is C35H39NO6. The zero-order valence-electron chi connectivity index (χ0n) is 25.1. The monoisotopic (exact) mass is 569 g/mol. The number of aryl methyl sites for hydroxylation is 2. The van der Waals surface area contributed by atoms with Crippen LogP contribution in [0.4, 0.5) is 0 Å². The molecule has 5 rings (SSSR count). The maximum atomic E-state index is 14.1. The summed E-state index contributed by atoms with van der Waals surface area (Å²) in [7, 11) is 3.24. The van der Waals surface area contributed by atoms with Crippen molar-refractivity contribution in [2.75, 3.05) is 27.4 Å². The Labute approximate surface area is 247 Å². The first-order valence-corrected chi connectivity index (χ1v) is 14.7. The molecule has 0 saturated heterocycles. The molecule has 0 spiro atoms. The van der Waals surface area contributed by atoms with Gasteiger partial charge in [0.1, 0.15) is 11.3 Å². The van der Waals surface area contributed by atoms with Crippen molar-refractivity contribution >= 4 is 16.9 Å². The fourth-order valence-corrected chi connectivity index (χ4v) is 5.78. The van der Waals surface area contributed by atoms with Crippen LogP contribution in [0.3, 0.4) is 0 Å². The van der Waals surface area contributed by atoms with Crippen molar-refractivity contribution < 1.29 is 23.4 Å². The summed E-state index contributed by atoms with van der Waals surface area (Å²) >= 11 is 0. The molecule has 7 heteroatoms. The van der Waals surface area contributed by atoms with Crippen molar-refractivity contribution in [1.29, 1.82) is 0 Å². The van der Waals surface area contributed by atoms with Crippen molar-refractivity contribution in [3.8, 4) is 17.2 Å². The summed E-state index contributed by atoms with van der Waals surface area (Å²) in [6, 6.07) is 16.6. The van der Waals surface area contributed by atoms with E-state index in [-0.39, 0.29) is 17.1 Å². The third-order valence-corrected chi connectivity index (χ3v) is 7.96. The third-order valence-electron chi connectivity index (χ3n) is 7.96. The Balaban J connectivity index is 1.55. The molecule has 0 N–H and O–H groups in total. The number of rotatable bonds is 12. The minimum Gasteiger partial charge on any atom is -0.497 e. The van der Waals surface area contributed by atoms with E-state index in [1.54, 1.807) is 19.1 Å². The molecule has 0 bridgehead atoms. The molecule has 0 saturated carbocycles. The SMILES string of the molecule is CCCCCCOc1ccc(C2c3c(oc4c(C)cc(C)cc4c3=O)C(=O)N2CCc2ccc(OC)cc2)cc1OC. The van der Waals surface area contributed by atoms with Gasteiger partial charge in [-0.2, -0.15) is 0 Å². The number of hydrogen-bond acceptors (Lipinski definition) is 6. The Morgan fingerprint density at radius 3 is 2.38 bits per heavy atom. The number of unbranched alkanes of at least 4 members (excludes halogenated alkanes) is 3. The second kappa shape index (κ2) is 12.7. The van der Waals surface area contributed by atoms with Gasteiger partial charge in [-0.1, -0.05) is 50.5 Å². The lowest BCUT2D eigenvalue weighted by molar-refractivity contribution is 0.0730. The average Bonchev–Trinajstić information content (AvgIpc) is 3.28. The van der Waals surface area contributed by atoms with Gasteiger partial charge in [0.2, 0.25) is 5.76 Å². The molecule has 2 heterocycles. The van der Waals surface area contributed by atoms with Crippen LogP contribution in [0.15, 0.2) is 63.8 Å². The van der Waals surface area contributed by atoms with E-state index < -0.39 is 6.04 Å². The van der Waals surface area contributed by atoms with E-state index in [9.17, 15) is 9.59 Å². The number of fused-ring (bicyclic) bond motifs is 2. The second-order valence-corrected chi connectivity index (χ2v) is 11.0. The van der Waals surface area contributed by atoms with Gasteiger partial charge in [0, 0.05) is 6.54 Å². The number of nitrogens with zero attached hydrogens (tertiary/aromatic N) is 1. The molecule has 1 aromatic heterocycles. The van der Waals surface area contributed by atoms with E-state index in [0.29, 0.717) is 47.6 Å². The standard InChI is InChI=1S/C35H39NO6/c1-6-7-8-9-18-41-28-15-12-25(21-29(28)40-5)31-30-32(37)27-20-22(2)19-23(3)33(27)42-34(30)35(38)36(31)17-16-24-10-13-26(39-4)14-11-24/h10-15,19-21,31H,6-9,16-18H2,1-5H3. The zero-order valence-corrected chi connectivity index (χ0v) is 25.1. The van der Waals surface area contributed by atoms with Gasteiger partial charge in [-0.15, -0.1) is 0 Å². The highest BCUT2D eigenvalue weighted by molar-refractivity contribution is 5.99. The number of methoxy groups -OCH3 is 2. The number of amides is 1. The molecule has 3 aromatic carbocycles. The summed E-state index contributed by atoms with van der Waals surface area (Å²) < 4.78 is 23.3. The van der Waals surface area contributed by atoms with E-state index in [4.69, 9.17) is 18.6 Å². The van der Waals surface area contributed by atoms with Crippen molar-refractivity contribution in [2.45, 2.75) is 58.9 Å². The van der Waals surface area contributed by atoms with Crippen molar-refractivity contribution in [3.63, 3.8) is 0 Å². The third kappa shape index (κ3) is 5.73. The molecule has 7 nitrogen and oxygen atoms in total. The maximum Gasteiger partial charge on any atom is 0.290 e. The van der Waals surface area contributed by atoms with Crippen LogP contribution in [0.1, 0.15) is 77.0 Å². The molecular weight excluding hydrogens is 530 g/mol. The van der Waals surface area contributed by atoms with Gasteiger partial charge in [-0.05, 0) is 79.3 Å². The quantitative estimate of drug-likeness (QED) is 0.168. The highest BCUT2D eigenvalue weighted by atomic mass is 16.5. The fraction of sp³-hybridized carbons (Fsp3) is 0.371.